The number of nitriles is 1. The fraction of sp³-hybridized carbons (Fsp3) is 0.143. The van der Waals surface area contributed by atoms with Gasteiger partial charge in [0.1, 0.15) is 11.6 Å². The number of H-pyrrole nitrogens is 1. The normalized spacial score (nSPS) is 10.9. The van der Waals surface area contributed by atoms with Crippen LogP contribution in [0.3, 0.4) is 0 Å². The minimum atomic E-state index is -0.159. The molecule has 0 saturated carbocycles. The molecule has 8 nitrogen and oxygen atoms in total. The molecule has 0 aliphatic carbocycles. The monoisotopic (exact) mass is 296 g/mol. The second-order valence-electron chi connectivity index (χ2n) is 4.46. The summed E-state index contributed by atoms with van der Waals surface area (Å²) in [7, 11) is 0. The van der Waals surface area contributed by atoms with Crippen LogP contribution in [0, 0.1) is 11.3 Å². The number of aromatic nitrogens is 4. The van der Waals surface area contributed by atoms with E-state index in [0.29, 0.717) is 16.8 Å². The topological polar surface area (TPSA) is 124 Å². The number of nitrogens with one attached hydrogen (secondary N) is 2. The molecule has 0 unspecified atom stereocenters. The quantitative estimate of drug-likeness (QED) is 0.633. The van der Waals surface area contributed by atoms with Crippen LogP contribution in [0.1, 0.15) is 40.4 Å². The van der Waals surface area contributed by atoms with Crippen molar-refractivity contribution in [2.75, 3.05) is 5.32 Å². The van der Waals surface area contributed by atoms with E-state index < -0.39 is 0 Å². The Morgan fingerprint density at radius 2 is 1.86 bits per heavy atom. The maximum Gasteiger partial charge on any atom is 0.216 e. The van der Waals surface area contributed by atoms with Crippen LogP contribution in [0.5, 0.6) is 0 Å². The van der Waals surface area contributed by atoms with Gasteiger partial charge in [0.2, 0.25) is 5.82 Å². The standard InChI is InChI=1S/C14H12N6O2/c1-8(21)10-3-11(9(2)22)5-13(4-10)16-7-12(6-15)14-17-19-20-18-14/h3-5,7,16H,1-2H3,(H,17,18,19,20). The Hall–Kier alpha value is -3.34. The molecule has 2 rings (SSSR count). The number of carbonyl (C=O) groups excluding carboxylic acids is 2. The van der Waals surface area contributed by atoms with Crippen LogP contribution in [0.15, 0.2) is 24.4 Å². The first-order chi connectivity index (χ1) is 10.5. The average molecular weight is 296 g/mol. The van der Waals surface area contributed by atoms with Crippen LogP contribution in [0.4, 0.5) is 5.69 Å². The van der Waals surface area contributed by atoms with Crippen LogP contribution >= 0.6 is 0 Å². The van der Waals surface area contributed by atoms with Crippen molar-refractivity contribution in [3.05, 3.63) is 41.4 Å². The molecular formula is C14H12N6O2. The summed E-state index contributed by atoms with van der Waals surface area (Å²) in [6, 6.07) is 6.65. The summed E-state index contributed by atoms with van der Waals surface area (Å²) in [5, 5.41) is 25.0. The van der Waals surface area contributed by atoms with Gasteiger partial charge in [-0.25, -0.2) is 0 Å². The van der Waals surface area contributed by atoms with Gasteiger partial charge in [-0.05, 0) is 37.3 Å². The third-order valence-electron chi connectivity index (χ3n) is 2.84. The van der Waals surface area contributed by atoms with Gasteiger partial charge in [0, 0.05) is 23.0 Å². The lowest BCUT2D eigenvalue weighted by Crippen LogP contribution is -2.01. The van der Waals surface area contributed by atoms with E-state index in [9.17, 15) is 9.59 Å². The van der Waals surface area contributed by atoms with Crippen molar-refractivity contribution in [1.82, 2.24) is 20.6 Å². The zero-order chi connectivity index (χ0) is 16.1. The van der Waals surface area contributed by atoms with Gasteiger partial charge in [0.15, 0.2) is 11.6 Å². The first-order valence-electron chi connectivity index (χ1n) is 6.29. The molecule has 0 saturated heterocycles. The molecule has 0 fully saturated rings. The van der Waals surface area contributed by atoms with Gasteiger partial charge >= 0.3 is 0 Å². The molecule has 2 N–H and O–H groups in total. The third-order valence-corrected chi connectivity index (χ3v) is 2.84. The van der Waals surface area contributed by atoms with Gasteiger partial charge in [-0.1, -0.05) is 0 Å². The van der Waals surface area contributed by atoms with Crippen molar-refractivity contribution >= 4 is 22.8 Å². The first kappa shape index (κ1) is 15.1. The molecule has 0 aliphatic rings. The highest BCUT2D eigenvalue weighted by Gasteiger charge is 2.09. The number of ketones is 2. The van der Waals surface area contributed by atoms with Crippen LogP contribution in [-0.4, -0.2) is 32.2 Å². The summed E-state index contributed by atoms with van der Waals surface area (Å²) >= 11 is 0. The van der Waals surface area contributed by atoms with Crippen molar-refractivity contribution in [1.29, 1.82) is 5.26 Å². The van der Waals surface area contributed by atoms with E-state index in [1.807, 2.05) is 6.07 Å². The second-order valence-corrected chi connectivity index (χ2v) is 4.46. The predicted octanol–water partition coefficient (Wildman–Crippen LogP) is 1.58. The van der Waals surface area contributed by atoms with Crippen LogP contribution in [-0.2, 0) is 0 Å². The second kappa shape index (κ2) is 6.41. The molecule has 1 heterocycles. The van der Waals surface area contributed by atoms with E-state index in [-0.39, 0.29) is 23.0 Å². The van der Waals surface area contributed by atoms with Crippen molar-refractivity contribution in [2.45, 2.75) is 13.8 Å². The first-order valence-corrected chi connectivity index (χ1v) is 6.29. The van der Waals surface area contributed by atoms with Crippen molar-refractivity contribution in [2.24, 2.45) is 0 Å². The van der Waals surface area contributed by atoms with Gasteiger partial charge in [-0.3, -0.25) is 9.59 Å². The van der Waals surface area contributed by atoms with E-state index in [1.54, 1.807) is 12.1 Å². The zero-order valence-electron chi connectivity index (χ0n) is 11.9. The number of tetrazole rings is 1. The Bertz CT molecular complexity index is 754. The summed E-state index contributed by atoms with van der Waals surface area (Å²) < 4.78 is 0. The fourth-order valence-electron chi connectivity index (χ4n) is 1.70. The van der Waals surface area contributed by atoms with Crippen LogP contribution in [0.2, 0.25) is 0 Å². The summed E-state index contributed by atoms with van der Waals surface area (Å²) in [4.78, 5) is 23.0. The molecule has 0 aliphatic heterocycles. The SMILES string of the molecule is CC(=O)c1cc(NC=C(C#N)c2nn[nH]n2)cc(C(C)=O)c1. The molecule has 22 heavy (non-hydrogen) atoms. The fourth-order valence-corrected chi connectivity index (χ4v) is 1.70. The summed E-state index contributed by atoms with van der Waals surface area (Å²) in [6.07, 6.45) is 1.38. The molecule has 110 valence electrons. The molecular weight excluding hydrogens is 284 g/mol. The highest BCUT2D eigenvalue weighted by Crippen LogP contribution is 2.17. The minimum Gasteiger partial charge on any atom is -0.360 e. The molecule has 0 bridgehead atoms. The number of carbonyl (C=O) groups is 2. The minimum absolute atomic E-state index is 0.143. The highest BCUT2D eigenvalue weighted by atomic mass is 16.1. The Balaban J connectivity index is 2.35. The maximum atomic E-state index is 11.5. The summed E-state index contributed by atoms with van der Waals surface area (Å²) in [6.45, 7) is 2.83. The molecule has 0 amide bonds. The van der Waals surface area contributed by atoms with Gasteiger partial charge in [0.05, 0.1) is 0 Å². The maximum absolute atomic E-state index is 11.5. The smallest absolute Gasteiger partial charge is 0.216 e. The molecule has 8 heteroatoms. The Morgan fingerprint density at radius 3 is 2.32 bits per heavy atom. The number of Topliss-reactive ketones (excluding diaryl/α,β-unsaturated/α-hetero) is 2. The lowest BCUT2D eigenvalue weighted by atomic mass is 10.0. The number of nitrogens with zero attached hydrogens (tertiary/aromatic N) is 4. The average Bonchev–Trinajstić information content (AvgIpc) is 3.01. The lowest BCUT2D eigenvalue weighted by molar-refractivity contribution is 0.101. The molecule has 1 aromatic carbocycles. The molecule has 1 aromatic heterocycles. The van der Waals surface area contributed by atoms with E-state index >= 15 is 0 Å². The number of hydrogen-bond donors (Lipinski definition) is 2. The highest BCUT2D eigenvalue weighted by molar-refractivity contribution is 6.01. The van der Waals surface area contributed by atoms with Crippen molar-refractivity contribution in [3.8, 4) is 6.07 Å². The van der Waals surface area contributed by atoms with E-state index in [2.05, 4.69) is 25.9 Å². The van der Waals surface area contributed by atoms with E-state index in [1.165, 1.54) is 26.1 Å². The number of benzene rings is 1. The van der Waals surface area contributed by atoms with E-state index in [0.717, 1.165) is 0 Å². The van der Waals surface area contributed by atoms with Gasteiger partial charge < -0.3 is 5.32 Å². The van der Waals surface area contributed by atoms with Crippen LogP contribution < -0.4 is 5.32 Å². The van der Waals surface area contributed by atoms with Gasteiger partial charge in [-0.15, -0.1) is 10.2 Å². The number of allylic oxidation sites excluding steroid dienone is 1. The Kier molecular flexibility index (Phi) is 4.38. The van der Waals surface area contributed by atoms with Crippen LogP contribution in [0.25, 0.3) is 5.57 Å². The summed E-state index contributed by atoms with van der Waals surface area (Å²) in [5.41, 5.74) is 1.48. The third kappa shape index (κ3) is 3.40. The molecule has 0 spiro atoms. The largest absolute Gasteiger partial charge is 0.360 e. The predicted molar refractivity (Wildman–Crippen MR) is 77.8 cm³/mol. The van der Waals surface area contributed by atoms with Gasteiger partial charge in [0.25, 0.3) is 0 Å². The number of rotatable bonds is 5. The lowest BCUT2D eigenvalue weighted by Gasteiger charge is -2.06. The van der Waals surface area contributed by atoms with Crippen molar-refractivity contribution in [3.63, 3.8) is 0 Å². The summed E-state index contributed by atoms with van der Waals surface area (Å²) in [5.74, 6) is -0.174. The number of anilines is 1. The number of hydrogen-bond acceptors (Lipinski definition) is 7. The van der Waals surface area contributed by atoms with Gasteiger partial charge in [-0.2, -0.15) is 10.5 Å². The molecule has 0 atom stereocenters. The Morgan fingerprint density at radius 1 is 1.23 bits per heavy atom. The zero-order valence-corrected chi connectivity index (χ0v) is 11.9. The Labute approximate surface area is 125 Å². The van der Waals surface area contributed by atoms with E-state index in [4.69, 9.17) is 5.26 Å². The van der Waals surface area contributed by atoms with Crippen molar-refractivity contribution < 1.29 is 9.59 Å². The molecule has 2 aromatic rings. The number of aromatic amines is 1. The molecule has 0 radical (unpaired) electrons.